The molecule has 0 fully saturated rings. The minimum atomic E-state index is 0.348. The Kier molecular flexibility index (Phi) is 4.20. The second kappa shape index (κ2) is 5.68. The van der Waals surface area contributed by atoms with Crippen molar-refractivity contribution in [3.8, 4) is 0 Å². The van der Waals surface area contributed by atoms with Gasteiger partial charge in [-0.05, 0) is 0 Å². The Hall–Kier alpha value is -1.12. The van der Waals surface area contributed by atoms with Crippen molar-refractivity contribution < 1.29 is 0 Å². The Labute approximate surface area is 115 Å². The number of aryl methyl sites for hydroxylation is 1. The van der Waals surface area contributed by atoms with E-state index in [1.807, 2.05) is 12.1 Å². The molecule has 0 aromatic heterocycles. The fourth-order valence-electron chi connectivity index (χ4n) is 1.71. The molecule has 2 rings (SSSR count). The van der Waals surface area contributed by atoms with Crippen molar-refractivity contribution in [3.05, 3.63) is 35.4 Å². The summed E-state index contributed by atoms with van der Waals surface area (Å²) < 4.78 is 1.15. The number of rotatable bonds is 2. The summed E-state index contributed by atoms with van der Waals surface area (Å²) in [5, 5.41) is 7.63. The van der Waals surface area contributed by atoms with Crippen molar-refractivity contribution in [3.63, 3.8) is 0 Å². The first-order chi connectivity index (χ1) is 8.56. The summed E-state index contributed by atoms with van der Waals surface area (Å²) in [6.45, 7) is 6.32. The number of hydrogen-bond donors (Lipinski definition) is 0. The zero-order chi connectivity index (χ0) is 13.1. The zero-order valence-electron chi connectivity index (χ0n) is 11.3. The molecule has 1 aliphatic rings. The molecule has 0 saturated heterocycles. The van der Waals surface area contributed by atoms with Gasteiger partial charge in [-0.25, -0.2) is 0 Å². The van der Waals surface area contributed by atoms with E-state index < -0.39 is 0 Å². The van der Waals surface area contributed by atoms with Gasteiger partial charge in [0, 0.05) is 0 Å². The van der Waals surface area contributed by atoms with E-state index in [4.69, 9.17) is 0 Å². The quantitative estimate of drug-likeness (QED) is 0.772. The van der Waals surface area contributed by atoms with Gasteiger partial charge < -0.3 is 0 Å². The van der Waals surface area contributed by atoms with Crippen molar-refractivity contribution in [2.24, 2.45) is 10.1 Å². The second-order valence-electron chi connectivity index (χ2n) is 4.73. The molecule has 0 spiro atoms. The predicted octanol–water partition coefficient (Wildman–Crippen LogP) is 2.53. The molecular formula is C14H19N3Se. The van der Waals surface area contributed by atoms with E-state index in [-0.39, 0.29) is 0 Å². The molecule has 1 aromatic rings. The normalized spacial score (nSPS) is 18.4. The van der Waals surface area contributed by atoms with Gasteiger partial charge in [0.1, 0.15) is 0 Å². The molecule has 1 aliphatic heterocycles. The predicted molar refractivity (Wildman–Crippen MR) is 78.6 cm³/mol. The molecule has 1 heterocycles. The van der Waals surface area contributed by atoms with Crippen molar-refractivity contribution in [2.75, 3.05) is 7.05 Å². The molecule has 0 radical (unpaired) electrons. The summed E-state index contributed by atoms with van der Waals surface area (Å²) in [5.41, 5.74) is 3.70. The maximum absolute atomic E-state index is 4.65. The van der Waals surface area contributed by atoms with Crippen LogP contribution in [0.25, 0.3) is 0 Å². The van der Waals surface area contributed by atoms with Crippen molar-refractivity contribution in [1.29, 1.82) is 0 Å². The monoisotopic (exact) mass is 309 g/mol. The second-order valence-corrected chi connectivity index (χ2v) is 6.71. The van der Waals surface area contributed by atoms with Gasteiger partial charge in [0.25, 0.3) is 0 Å². The van der Waals surface area contributed by atoms with Crippen LogP contribution in [0.15, 0.2) is 34.4 Å². The maximum atomic E-state index is 4.65. The molecule has 96 valence electrons. The van der Waals surface area contributed by atoms with Crippen LogP contribution in [-0.2, 0) is 0 Å². The number of nitrogens with zero attached hydrogens (tertiary/aromatic N) is 3. The molecule has 1 aromatic carbocycles. The van der Waals surface area contributed by atoms with Crippen molar-refractivity contribution in [2.45, 2.75) is 32.1 Å². The van der Waals surface area contributed by atoms with Gasteiger partial charge in [-0.2, -0.15) is 0 Å². The Morgan fingerprint density at radius 2 is 1.94 bits per heavy atom. The van der Waals surface area contributed by atoms with Crippen LogP contribution < -0.4 is 0 Å². The zero-order valence-corrected chi connectivity index (χ0v) is 13.1. The standard InChI is InChI=1S/C14H19N3Se/c1-10(2)15-14-17(4)16-13(9-18-14)12-7-5-11(3)6-8-12/h5-8,10H,9H2,1-4H3. The first-order valence-electron chi connectivity index (χ1n) is 6.15. The third-order valence-corrected chi connectivity index (χ3v) is 4.83. The Balaban J connectivity index is 2.21. The van der Waals surface area contributed by atoms with Crippen molar-refractivity contribution >= 4 is 25.4 Å². The SMILES string of the molecule is Cc1ccc(C2=NN(C)C(=NC(C)C)[Se]C2)cc1. The van der Waals surface area contributed by atoms with Gasteiger partial charge >= 0.3 is 115 Å². The van der Waals surface area contributed by atoms with E-state index in [1.54, 1.807) is 0 Å². The minimum absolute atomic E-state index is 0.348. The number of amidine groups is 1. The first-order valence-corrected chi connectivity index (χ1v) is 8.22. The molecule has 0 atom stereocenters. The van der Waals surface area contributed by atoms with Gasteiger partial charge in [0.05, 0.1) is 0 Å². The van der Waals surface area contributed by atoms with Crippen molar-refractivity contribution in [1.82, 2.24) is 5.01 Å². The average Bonchev–Trinajstić information content (AvgIpc) is 2.32. The van der Waals surface area contributed by atoms with E-state index in [2.05, 4.69) is 55.1 Å². The average molecular weight is 308 g/mol. The van der Waals surface area contributed by atoms with E-state index in [0.29, 0.717) is 21.0 Å². The molecule has 18 heavy (non-hydrogen) atoms. The topological polar surface area (TPSA) is 28.0 Å². The molecule has 0 unspecified atom stereocenters. The first kappa shape index (κ1) is 13.3. The molecule has 0 amide bonds. The summed E-state index contributed by atoms with van der Waals surface area (Å²) in [4.78, 5) is 4.62. The number of benzene rings is 1. The van der Waals surface area contributed by atoms with Crippen LogP contribution in [0.5, 0.6) is 0 Å². The summed E-state index contributed by atoms with van der Waals surface area (Å²) in [5.74, 6) is 0. The summed E-state index contributed by atoms with van der Waals surface area (Å²) in [6.07, 6.45) is 0. The van der Waals surface area contributed by atoms with Gasteiger partial charge in [-0.15, -0.1) is 0 Å². The Morgan fingerprint density at radius 3 is 2.50 bits per heavy atom. The Bertz CT molecular complexity index is 474. The van der Waals surface area contributed by atoms with Crippen LogP contribution in [0.2, 0.25) is 5.32 Å². The Morgan fingerprint density at radius 1 is 1.28 bits per heavy atom. The number of aliphatic imine (C=N–C) groups is 1. The van der Waals surface area contributed by atoms with Crippen LogP contribution in [0.4, 0.5) is 0 Å². The summed E-state index contributed by atoms with van der Waals surface area (Å²) in [7, 11) is 2.00. The van der Waals surface area contributed by atoms with Crippen LogP contribution in [0, 0.1) is 6.92 Å². The number of hydrogen-bond acceptors (Lipinski definition) is 2. The fraction of sp³-hybridized carbons (Fsp3) is 0.429. The molecule has 4 heteroatoms. The third-order valence-electron chi connectivity index (χ3n) is 2.64. The molecular weight excluding hydrogens is 289 g/mol. The molecule has 3 nitrogen and oxygen atoms in total. The summed E-state index contributed by atoms with van der Waals surface area (Å²) >= 11 is 0.390. The third kappa shape index (κ3) is 3.21. The molecule has 0 N–H and O–H groups in total. The van der Waals surface area contributed by atoms with E-state index >= 15 is 0 Å². The van der Waals surface area contributed by atoms with Gasteiger partial charge in [-0.1, -0.05) is 0 Å². The van der Waals surface area contributed by atoms with Crippen LogP contribution >= 0.6 is 0 Å². The van der Waals surface area contributed by atoms with E-state index in [0.717, 1.165) is 10.1 Å². The summed E-state index contributed by atoms with van der Waals surface area (Å²) in [6, 6.07) is 8.94. The van der Waals surface area contributed by atoms with Gasteiger partial charge in [0.15, 0.2) is 0 Å². The van der Waals surface area contributed by atoms with Crippen LogP contribution in [-0.4, -0.2) is 43.5 Å². The molecule has 0 bridgehead atoms. The van der Waals surface area contributed by atoms with Crippen LogP contribution in [0.3, 0.4) is 0 Å². The number of hydrazone groups is 1. The van der Waals surface area contributed by atoms with E-state index in [9.17, 15) is 0 Å². The molecule has 0 saturated carbocycles. The van der Waals surface area contributed by atoms with Crippen LogP contribution in [0.1, 0.15) is 25.0 Å². The fourth-order valence-corrected chi connectivity index (χ4v) is 3.81. The van der Waals surface area contributed by atoms with Gasteiger partial charge in [0.2, 0.25) is 0 Å². The van der Waals surface area contributed by atoms with E-state index in [1.165, 1.54) is 16.8 Å². The molecule has 0 aliphatic carbocycles. The van der Waals surface area contributed by atoms with Gasteiger partial charge in [-0.3, -0.25) is 0 Å².